The highest BCUT2D eigenvalue weighted by Gasteiger charge is 2.10. The third kappa shape index (κ3) is 4.08. The summed E-state index contributed by atoms with van der Waals surface area (Å²) in [6, 6.07) is 8.66. The van der Waals surface area contributed by atoms with Gasteiger partial charge in [0.2, 0.25) is 0 Å². The van der Waals surface area contributed by atoms with Crippen LogP contribution in [0.4, 0.5) is 5.69 Å². The Morgan fingerprint density at radius 2 is 1.81 bits per heavy atom. The van der Waals surface area contributed by atoms with Crippen molar-refractivity contribution in [1.29, 1.82) is 0 Å². The zero-order valence-corrected chi connectivity index (χ0v) is 13.7. The number of aryl methyl sites for hydroxylation is 1. The lowest BCUT2D eigenvalue weighted by Crippen LogP contribution is -2.14. The van der Waals surface area contributed by atoms with Gasteiger partial charge in [-0.05, 0) is 23.6 Å². The number of benzene rings is 1. The summed E-state index contributed by atoms with van der Waals surface area (Å²) in [6.45, 7) is 6.11. The van der Waals surface area contributed by atoms with Crippen molar-refractivity contribution in [2.75, 3.05) is 19.0 Å². The van der Waals surface area contributed by atoms with E-state index in [9.17, 15) is 0 Å². The summed E-state index contributed by atoms with van der Waals surface area (Å²) in [6.07, 6.45) is 2.11. The molecule has 0 aliphatic rings. The van der Waals surface area contributed by atoms with Crippen LogP contribution in [0.25, 0.3) is 0 Å². The lowest BCUT2D eigenvalue weighted by Gasteiger charge is -2.13. The Hall–Kier alpha value is -1.81. The molecule has 0 amide bonds. The second-order valence-corrected chi connectivity index (χ2v) is 6.03. The second kappa shape index (κ2) is 6.76. The van der Waals surface area contributed by atoms with E-state index in [0.717, 1.165) is 13.1 Å². The first-order chi connectivity index (χ1) is 9.97. The van der Waals surface area contributed by atoms with Crippen molar-refractivity contribution >= 4 is 5.69 Å². The average Bonchev–Trinajstić information content (AvgIpc) is 2.81. The summed E-state index contributed by atoms with van der Waals surface area (Å²) < 4.78 is 1.90. The number of nitrogens with zero attached hydrogens (tertiary/aromatic N) is 3. The summed E-state index contributed by atoms with van der Waals surface area (Å²) in [5, 5.41) is 8.05. The predicted molar refractivity (Wildman–Crippen MR) is 88.6 cm³/mol. The van der Waals surface area contributed by atoms with Gasteiger partial charge in [-0.25, -0.2) is 0 Å². The Balaban J connectivity index is 1.92. The van der Waals surface area contributed by atoms with E-state index in [1.165, 1.54) is 22.5 Å². The van der Waals surface area contributed by atoms with E-state index in [1.54, 1.807) is 0 Å². The van der Waals surface area contributed by atoms with E-state index in [-0.39, 0.29) is 0 Å². The van der Waals surface area contributed by atoms with Gasteiger partial charge >= 0.3 is 0 Å². The largest absolute Gasteiger partial charge is 0.378 e. The van der Waals surface area contributed by atoms with Crippen LogP contribution in [-0.2, 0) is 20.1 Å². The normalized spacial score (nSPS) is 11.1. The van der Waals surface area contributed by atoms with Crippen LogP contribution < -0.4 is 10.2 Å². The third-order valence-corrected chi connectivity index (χ3v) is 3.58. The molecule has 1 aromatic heterocycles. The van der Waals surface area contributed by atoms with E-state index in [2.05, 4.69) is 73.7 Å². The zero-order chi connectivity index (χ0) is 15.4. The highest BCUT2D eigenvalue weighted by molar-refractivity contribution is 5.45. The van der Waals surface area contributed by atoms with Gasteiger partial charge < -0.3 is 10.2 Å². The Labute approximate surface area is 127 Å². The predicted octanol–water partition coefficient (Wildman–Crippen LogP) is 2.90. The maximum absolute atomic E-state index is 4.54. The van der Waals surface area contributed by atoms with Crippen LogP contribution >= 0.6 is 0 Å². The van der Waals surface area contributed by atoms with E-state index < -0.39 is 0 Å². The summed E-state index contributed by atoms with van der Waals surface area (Å²) in [7, 11) is 6.10. The molecule has 0 saturated heterocycles. The van der Waals surface area contributed by atoms with Crippen molar-refractivity contribution in [1.82, 2.24) is 15.1 Å². The number of aromatic nitrogens is 2. The SMILES string of the molecule is CC(C)c1nn(C)cc1CNCc1ccc(N(C)C)cc1. The van der Waals surface area contributed by atoms with Gasteiger partial charge in [0, 0.05) is 51.7 Å². The van der Waals surface area contributed by atoms with Gasteiger partial charge in [0.05, 0.1) is 5.69 Å². The average molecular weight is 286 g/mol. The fourth-order valence-corrected chi connectivity index (χ4v) is 2.43. The Morgan fingerprint density at radius 3 is 2.38 bits per heavy atom. The minimum atomic E-state index is 0.461. The van der Waals surface area contributed by atoms with E-state index in [4.69, 9.17) is 0 Å². The van der Waals surface area contributed by atoms with Gasteiger partial charge in [0.15, 0.2) is 0 Å². The molecule has 0 fully saturated rings. The molecule has 1 heterocycles. The first-order valence-electron chi connectivity index (χ1n) is 7.46. The molecule has 21 heavy (non-hydrogen) atoms. The lowest BCUT2D eigenvalue weighted by molar-refractivity contribution is 0.678. The van der Waals surface area contributed by atoms with E-state index in [1.807, 2.05) is 11.7 Å². The van der Waals surface area contributed by atoms with Crippen molar-refractivity contribution in [3.05, 3.63) is 47.3 Å². The molecule has 0 radical (unpaired) electrons. The zero-order valence-electron chi connectivity index (χ0n) is 13.7. The maximum atomic E-state index is 4.54. The van der Waals surface area contributed by atoms with Gasteiger partial charge in [-0.15, -0.1) is 0 Å². The first kappa shape index (κ1) is 15.6. The van der Waals surface area contributed by atoms with Gasteiger partial charge in [-0.2, -0.15) is 5.10 Å². The Morgan fingerprint density at radius 1 is 1.14 bits per heavy atom. The summed E-state index contributed by atoms with van der Waals surface area (Å²) in [5.74, 6) is 0.461. The number of nitrogens with one attached hydrogen (secondary N) is 1. The van der Waals surface area contributed by atoms with E-state index >= 15 is 0 Å². The van der Waals surface area contributed by atoms with Gasteiger partial charge in [-0.3, -0.25) is 4.68 Å². The Kier molecular flexibility index (Phi) is 5.02. The van der Waals surface area contributed by atoms with Crippen molar-refractivity contribution in [2.45, 2.75) is 32.9 Å². The highest BCUT2D eigenvalue weighted by atomic mass is 15.3. The van der Waals surface area contributed by atoms with Crippen LogP contribution in [0.2, 0.25) is 0 Å². The molecule has 2 rings (SSSR count). The fraction of sp³-hybridized carbons (Fsp3) is 0.471. The number of anilines is 1. The molecule has 0 saturated carbocycles. The molecule has 2 aromatic rings. The third-order valence-electron chi connectivity index (χ3n) is 3.58. The standard InChI is InChI=1S/C17H26N4/c1-13(2)17-15(12-21(5)19-17)11-18-10-14-6-8-16(9-7-14)20(3)4/h6-9,12-13,18H,10-11H2,1-5H3. The van der Waals surface area contributed by atoms with Crippen LogP contribution in [0.5, 0.6) is 0 Å². The summed E-state index contributed by atoms with van der Waals surface area (Å²) in [5.41, 5.74) is 5.01. The number of hydrogen-bond acceptors (Lipinski definition) is 3. The molecule has 1 N–H and O–H groups in total. The number of hydrogen-bond donors (Lipinski definition) is 1. The quantitative estimate of drug-likeness (QED) is 0.886. The summed E-state index contributed by atoms with van der Waals surface area (Å²) >= 11 is 0. The van der Waals surface area contributed by atoms with E-state index in [0.29, 0.717) is 5.92 Å². The van der Waals surface area contributed by atoms with Crippen molar-refractivity contribution in [2.24, 2.45) is 7.05 Å². The molecule has 4 nitrogen and oxygen atoms in total. The van der Waals surface area contributed by atoms with Crippen LogP contribution in [0, 0.1) is 0 Å². The maximum Gasteiger partial charge on any atom is 0.0694 e. The molecule has 114 valence electrons. The van der Waals surface area contributed by atoms with Crippen LogP contribution in [-0.4, -0.2) is 23.9 Å². The van der Waals surface area contributed by atoms with Crippen LogP contribution in [0.1, 0.15) is 36.6 Å². The molecule has 0 unspecified atom stereocenters. The van der Waals surface area contributed by atoms with Gasteiger partial charge in [0.25, 0.3) is 0 Å². The monoisotopic (exact) mass is 286 g/mol. The molecule has 0 spiro atoms. The second-order valence-electron chi connectivity index (χ2n) is 6.03. The van der Waals surface area contributed by atoms with Crippen molar-refractivity contribution in [3.63, 3.8) is 0 Å². The topological polar surface area (TPSA) is 33.1 Å². The minimum absolute atomic E-state index is 0.461. The first-order valence-corrected chi connectivity index (χ1v) is 7.46. The van der Waals surface area contributed by atoms with Crippen molar-refractivity contribution < 1.29 is 0 Å². The van der Waals surface area contributed by atoms with Gasteiger partial charge in [-0.1, -0.05) is 26.0 Å². The molecule has 0 atom stereocenters. The van der Waals surface area contributed by atoms with Crippen molar-refractivity contribution in [3.8, 4) is 0 Å². The number of rotatable bonds is 6. The van der Waals surface area contributed by atoms with Crippen LogP contribution in [0.15, 0.2) is 30.5 Å². The fourth-order valence-electron chi connectivity index (χ4n) is 2.43. The molecular formula is C17H26N4. The highest BCUT2D eigenvalue weighted by Crippen LogP contribution is 2.17. The van der Waals surface area contributed by atoms with Gasteiger partial charge in [0.1, 0.15) is 0 Å². The van der Waals surface area contributed by atoms with Crippen LogP contribution in [0.3, 0.4) is 0 Å². The minimum Gasteiger partial charge on any atom is -0.378 e. The molecule has 0 bridgehead atoms. The molecule has 1 aromatic carbocycles. The molecule has 0 aliphatic heterocycles. The molecule has 0 aliphatic carbocycles. The molecule has 4 heteroatoms. The summed E-state index contributed by atoms with van der Waals surface area (Å²) in [4.78, 5) is 2.11. The lowest BCUT2D eigenvalue weighted by atomic mass is 10.1. The smallest absolute Gasteiger partial charge is 0.0694 e. The molecular weight excluding hydrogens is 260 g/mol. The Bertz CT molecular complexity index is 567.